The summed E-state index contributed by atoms with van der Waals surface area (Å²) in [6.45, 7) is 4.70. The average molecular weight is 457 g/mol. The number of ether oxygens (including phenoxy) is 1. The number of aliphatic hydroxyl groups is 1. The van der Waals surface area contributed by atoms with E-state index in [4.69, 9.17) is 9.94 Å². The number of pyridine rings is 1. The molecule has 2 heterocycles. The number of aromatic nitrogens is 1. The van der Waals surface area contributed by atoms with Crippen molar-refractivity contribution in [3.63, 3.8) is 0 Å². The van der Waals surface area contributed by atoms with E-state index >= 15 is 0 Å². The Morgan fingerprint density at radius 3 is 2.45 bits per heavy atom. The van der Waals surface area contributed by atoms with Gasteiger partial charge in [0.25, 0.3) is 5.91 Å². The van der Waals surface area contributed by atoms with Crippen LogP contribution in [-0.4, -0.2) is 70.9 Å². The number of nitrogens with zero attached hydrogens (tertiary/aromatic N) is 3. The topological polar surface area (TPSA) is 115 Å². The van der Waals surface area contributed by atoms with Gasteiger partial charge in [0.1, 0.15) is 17.7 Å². The highest BCUT2D eigenvalue weighted by atomic mass is 16.5. The molecule has 2 atom stereocenters. The fourth-order valence-corrected chi connectivity index (χ4v) is 4.04. The van der Waals surface area contributed by atoms with Crippen molar-refractivity contribution in [2.75, 3.05) is 37.7 Å². The molecule has 2 amide bonds. The molecule has 0 saturated carbocycles. The first kappa shape index (κ1) is 24.5. The van der Waals surface area contributed by atoms with Gasteiger partial charge in [-0.1, -0.05) is 18.2 Å². The van der Waals surface area contributed by atoms with Crippen molar-refractivity contribution in [1.29, 1.82) is 0 Å². The van der Waals surface area contributed by atoms with Crippen LogP contribution in [-0.2, 0) is 16.0 Å². The largest absolute Gasteiger partial charge is 0.494 e. The lowest BCUT2D eigenvalue weighted by molar-refractivity contribution is -0.151. The molecule has 0 unspecified atom stereocenters. The predicted molar refractivity (Wildman–Crippen MR) is 123 cm³/mol. The van der Waals surface area contributed by atoms with Crippen LogP contribution in [0.25, 0.3) is 0 Å². The fraction of sp³-hybridized carbons (Fsp3) is 0.458. The third-order valence-electron chi connectivity index (χ3n) is 5.86. The summed E-state index contributed by atoms with van der Waals surface area (Å²) in [7, 11) is 0. The third kappa shape index (κ3) is 6.66. The molecular weight excluding hydrogens is 424 g/mol. The van der Waals surface area contributed by atoms with Crippen molar-refractivity contribution in [2.24, 2.45) is 5.92 Å². The van der Waals surface area contributed by atoms with Crippen LogP contribution in [0.3, 0.4) is 0 Å². The van der Waals surface area contributed by atoms with E-state index in [2.05, 4.69) is 9.88 Å². The average Bonchev–Trinajstić information content (AvgIpc) is 2.87. The zero-order valence-electron chi connectivity index (χ0n) is 18.9. The molecule has 0 spiro atoms. The summed E-state index contributed by atoms with van der Waals surface area (Å²) in [4.78, 5) is 33.2. The first-order valence-corrected chi connectivity index (χ1v) is 11.3. The van der Waals surface area contributed by atoms with Gasteiger partial charge in [-0.25, -0.2) is 10.5 Å². The van der Waals surface area contributed by atoms with Gasteiger partial charge in [0.2, 0.25) is 5.91 Å². The molecule has 3 N–H and O–H groups in total. The molecule has 0 aliphatic carbocycles. The molecule has 1 aromatic heterocycles. The minimum absolute atomic E-state index is 0.279. The van der Waals surface area contributed by atoms with Crippen molar-refractivity contribution < 1.29 is 24.6 Å². The Morgan fingerprint density at radius 1 is 1.12 bits per heavy atom. The van der Waals surface area contributed by atoms with E-state index in [0.29, 0.717) is 52.0 Å². The van der Waals surface area contributed by atoms with Crippen LogP contribution in [0.2, 0.25) is 0 Å². The van der Waals surface area contributed by atoms with Crippen LogP contribution < -0.4 is 15.1 Å². The number of hydrogen-bond acceptors (Lipinski definition) is 7. The highest BCUT2D eigenvalue weighted by molar-refractivity contribution is 5.88. The number of rotatable bonds is 10. The number of aliphatic hydroxyl groups excluding tert-OH is 1. The number of hydrogen-bond donors (Lipinski definition) is 3. The fourth-order valence-electron chi connectivity index (χ4n) is 4.04. The third-order valence-corrected chi connectivity index (χ3v) is 5.86. The molecule has 33 heavy (non-hydrogen) atoms. The van der Waals surface area contributed by atoms with Crippen LogP contribution >= 0.6 is 0 Å². The monoisotopic (exact) mass is 456 g/mol. The lowest BCUT2D eigenvalue weighted by atomic mass is 9.92. The number of aryl methyl sites for hydroxylation is 1. The SMILES string of the molecule is CCOc1ccc(CCC[C@@H](C(=O)N2CCN(c3ccccn3)CC2)[C@H](O)C(=O)NO)cc1. The molecular formula is C24H32N4O5. The second-order valence-electron chi connectivity index (χ2n) is 8.00. The van der Waals surface area contributed by atoms with Crippen molar-refractivity contribution in [3.8, 4) is 5.75 Å². The van der Waals surface area contributed by atoms with Gasteiger partial charge in [-0.2, -0.15) is 0 Å². The summed E-state index contributed by atoms with van der Waals surface area (Å²) in [5.74, 6) is -0.522. The zero-order valence-corrected chi connectivity index (χ0v) is 18.9. The summed E-state index contributed by atoms with van der Waals surface area (Å²) in [6, 6.07) is 13.4. The van der Waals surface area contributed by atoms with Gasteiger partial charge in [-0.15, -0.1) is 0 Å². The molecule has 1 fully saturated rings. The summed E-state index contributed by atoms with van der Waals surface area (Å²) < 4.78 is 5.45. The maximum absolute atomic E-state index is 13.2. The highest BCUT2D eigenvalue weighted by Crippen LogP contribution is 2.21. The van der Waals surface area contributed by atoms with Crippen LogP contribution in [0.1, 0.15) is 25.3 Å². The number of carbonyl (C=O) groups is 2. The molecule has 1 aromatic carbocycles. The van der Waals surface area contributed by atoms with Crippen molar-refractivity contribution >= 4 is 17.6 Å². The zero-order chi connectivity index (χ0) is 23.6. The van der Waals surface area contributed by atoms with E-state index in [0.717, 1.165) is 17.1 Å². The van der Waals surface area contributed by atoms with Gasteiger partial charge >= 0.3 is 0 Å². The summed E-state index contributed by atoms with van der Waals surface area (Å²) in [5.41, 5.74) is 2.55. The predicted octanol–water partition coefficient (Wildman–Crippen LogP) is 1.63. The number of piperazine rings is 1. The van der Waals surface area contributed by atoms with Gasteiger partial charge in [-0.05, 0) is 56.0 Å². The van der Waals surface area contributed by atoms with E-state index in [9.17, 15) is 14.7 Å². The van der Waals surface area contributed by atoms with Gasteiger partial charge in [-0.3, -0.25) is 14.8 Å². The number of nitrogens with one attached hydrogen (secondary N) is 1. The molecule has 1 aliphatic heterocycles. The number of carbonyl (C=O) groups excluding carboxylic acids is 2. The lowest BCUT2D eigenvalue weighted by Crippen LogP contribution is -2.53. The number of anilines is 1. The van der Waals surface area contributed by atoms with Crippen LogP contribution in [0.15, 0.2) is 48.7 Å². The Balaban J connectivity index is 1.59. The van der Waals surface area contributed by atoms with Crippen LogP contribution in [0, 0.1) is 5.92 Å². The van der Waals surface area contributed by atoms with E-state index < -0.39 is 17.9 Å². The maximum Gasteiger partial charge on any atom is 0.272 e. The quantitative estimate of drug-likeness (QED) is 0.368. The van der Waals surface area contributed by atoms with Gasteiger partial charge in [0, 0.05) is 32.4 Å². The Hall–Kier alpha value is -3.17. The normalized spacial score (nSPS) is 15.6. The molecule has 1 saturated heterocycles. The second kappa shape index (κ2) is 12.2. The maximum atomic E-state index is 13.2. The minimum Gasteiger partial charge on any atom is -0.494 e. The first-order chi connectivity index (χ1) is 16.0. The standard InChI is InChI=1S/C24H32N4O5/c1-2-33-19-11-9-18(10-12-19)6-5-7-20(22(29)23(30)26-32)24(31)28-16-14-27(15-17-28)21-8-3-4-13-25-21/h3-4,8-13,20,22,29,32H,2,5-7,14-17H2,1H3,(H,26,30)/t20-,22+/m1/s1. The first-order valence-electron chi connectivity index (χ1n) is 11.3. The van der Waals surface area contributed by atoms with Crippen LogP contribution in [0.5, 0.6) is 5.75 Å². The Labute approximate surface area is 193 Å². The Bertz CT molecular complexity index is 885. The number of amides is 2. The van der Waals surface area contributed by atoms with Crippen molar-refractivity contribution in [2.45, 2.75) is 32.3 Å². The summed E-state index contributed by atoms with van der Waals surface area (Å²) >= 11 is 0. The minimum atomic E-state index is -1.61. The van der Waals surface area contributed by atoms with E-state index in [1.165, 1.54) is 5.48 Å². The molecule has 0 bridgehead atoms. The van der Waals surface area contributed by atoms with Crippen LogP contribution in [0.4, 0.5) is 5.82 Å². The number of hydroxylamine groups is 1. The molecule has 9 heteroatoms. The summed E-state index contributed by atoms with van der Waals surface area (Å²) in [6.07, 6.45) is 1.74. The van der Waals surface area contributed by atoms with Gasteiger partial charge in [0.15, 0.2) is 0 Å². The molecule has 3 rings (SSSR count). The Morgan fingerprint density at radius 2 is 1.85 bits per heavy atom. The Kier molecular flexibility index (Phi) is 9.03. The van der Waals surface area contributed by atoms with Crippen molar-refractivity contribution in [3.05, 3.63) is 54.2 Å². The van der Waals surface area contributed by atoms with Gasteiger partial charge < -0.3 is 19.6 Å². The van der Waals surface area contributed by atoms with E-state index in [1.54, 1.807) is 11.1 Å². The number of benzene rings is 1. The van der Waals surface area contributed by atoms with E-state index in [1.807, 2.05) is 49.4 Å². The lowest BCUT2D eigenvalue weighted by Gasteiger charge is -2.37. The molecule has 9 nitrogen and oxygen atoms in total. The molecule has 2 aromatic rings. The van der Waals surface area contributed by atoms with Gasteiger partial charge in [0.05, 0.1) is 12.5 Å². The van der Waals surface area contributed by atoms with Crippen molar-refractivity contribution in [1.82, 2.24) is 15.4 Å². The smallest absolute Gasteiger partial charge is 0.272 e. The highest BCUT2D eigenvalue weighted by Gasteiger charge is 2.35. The molecule has 1 aliphatic rings. The second-order valence-corrected chi connectivity index (χ2v) is 8.00. The molecule has 178 valence electrons. The summed E-state index contributed by atoms with van der Waals surface area (Å²) in [5, 5.41) is 19.4. The van der Waals surface area contributed by atoms with E-state index in [-0.39, 0.29) is 5.91 Å². The molecule has 0 radical (unpaired) electrons.